The summed E-state index contributed by atoms with van der Waals surface area (Å²) in [5.41, 5.74) is 1.25. The largest absolute Gasteiger partial charge is 0.305 e. The smallest absolute Gasteiger partial charge is 0.269 e. The van der Waals surface area contributed by atoms with Crippen LogP contribution in [0.4, 0.5) is 10.1 Å². The van der Waals surface area contributed by atoms with Crippen LogP contribution in [0.25, 0.3) is 11.4 Å². The van der Waals surface area contributed by atoms with Gasteiger partial charge in [-0.25, -0.2) is 4.39 Å². The highest BCUT2D eigenvalue weighted by Gasteiger charge is 2.18. The van der Waals surface area contributed by atoms with Crippen molar-refractivity contribution in [1.29, 1.82) is 0 Å². The van der Waals surface area contributed by atoms with Crippen LogP contribution >= 0.6 is 11.8 Å². The van der Waals surface area contributed by atoms with E-state index in [-0.39, 0.29) is 16.8 Å². The van der Waals surface area contributed by atoms with Crippen LogP contribution in [0, 0.1) is 15.9 Å². The van der Waals surface area contributed by atoms with Gasteiger partial charge in [-0.2, -0.15) is 0 Å². The molecule has 0 aliphatic heterocycles. The lowest BCUT2D eigenvalue weighted by molar-refractivity contribution is -0.384. The monoisotopic (exact) mass is 358 g/mol. The molecular weight excluding hydrogens is 343 g/mol. The van der Waals surface area contributed by atoms with E-state index in [1.54, 1.807) is 41.9 Å². The van der Waals surface area contributed by atoms with Gasteiger partial charge in [0.15, 0.2) is 11.0 Å². The van der Waals surface area contributed by atoms with Gasteiger partial charge >= 0.3 is 0 Å². The molecule has 0 bridgehead atoms. The Balaban J connectivity index is 1.86. The first kappa shape index (κ1) is 17.1. The second-order valence-electron chi connectivity index (χ2n) is 5.46. The number of hydrogen-bond donors (Lipinski definition) is 0. The van der Waals surface area contributed by atoms with Crippen molar-refractivity contribution in [1.82, 2.24) is 14.8 Å². The lowest BCUT2D eigenvalue weighted by Crippen LogP contribution is -1.98. The Morgan fingerprint density at radius 3 is 2.68 bits per heavy atom. The Labute approximate surface area is 147 Å². The predicted octanol–water partition coefficient (Wildman–Crippen LogP) is 4.38. The molecule has 1 aromatic heterocycles. The average molecular weight is 358 g/mol. The van der Waals surface area contributed by atoms with Crippen LogP contribution < -0.4 is 0 Å². The van der Waals surface area contributed by atoms with Gasteiger partial charge in [0.1, 0.15) is 5.82 Å². The van der Waals surface area contributed by atoms with Gasteiger partial charge in [-0.1, -0.05) is 36.0 Å². The molecule has 0 saturated carbocycles. The molecule has 1 unspecified atom stereocenters. The normalized spacial score (nSPS) is 12.1. The lowest BCUT2D eigenvalue weighted by Gasteiger charge is -2.11. The highest BCUT2D eigenvalue weighted by Crippen LogP contribution is 2.36. The third-order valence-electron chi connectivity index (χ3n) is 3.78. The number of benzene rings is 2. The first-order chi connectivity index (χ1) is 12.0. The fourth-order valence-corrected chi connectivity index (χ4v) is 3.34. The summed E-state index contributed by atoms with van der Waals surface area (Å²) in [7, 11) is 1.77. The van der Waals surface area contributed by atoms with Crippen molar-refractivity contribution >= 4 is 17.4 Å². The maximum absolute atomic E-state index is 14.0. The minimum atomic E-state index is -0.417. The van der Waals surface area contributed by atoms with Crippen LogP contribution in [0.5, 0.6) is 0 Å². The summed E-state index contributed by atoms with van der Waals surface area (Å²) in [5, 5.41) is 19.7. The van der Waals surface area contributed by atoms with Crippen molar-refractivity contribution in [3.05, 3.63) is 70.0 Å². The molecule has 3 aromatic rings. The van der Waals surface area contributed by atoms with Gasteiger partial charge in [-0.3, -0.25) is 10.1 Å². The second-order valence-corrected chi connectivity index (χ2v) is 6.77. The van der Waals surface area contributed by atoms with Gasteiger partial charge in [-0.15, -0.1) is 10.2 Å². The van der Waals surface area contributed by atoms with E-state index in [9.17, 15) is 14.5 Å². The van der Waals surface area contributed by atoms with E-state index < -0.39 is 4.92 Å². The maximum atomic E-state index is 14.0. The summed E-state index contributed by atoms with van der Waals surface area (Å²) in [6.07, 6.45) is 0. The first-order valence-electron chi connectivity index (χ1n) is 7.52. The molecule has 25 heavy (non-hydrogen) atoms. The Kier molecular flexibility index (Phi) is 4.80. The van der Waals surface area contributed by atoms with E-state index in [2.05, 4.69) is 10.2 Å². The Hall–Kier alpha value is -2.74. The lowest BCUT2D eigenvalue weighted by atomic mass is 10.1. The van der Waals surface area contributed by atoms with Crippen LogP contribution in [-0.4, -0.2) is 19.7 Å². The highest BCUT2D eigenvalue weighted by molar-refractivity contribution is 7.99. The van der Waals surface area contributed by atoms with Crippen molar-refractivity contribution in [2.24, 2.45) is 7.05 Å². The summed E-state index contributed by atoms with van der Waals surface area (Å²) in [6.45, 7) is 1.93. The van der Waals surface area contributed by atoms with Crippen molar-refractivity contribution in [3.8, 4) is 11.4 Å². The topological polar surface area (TPSA) is 73.8 Å². The number of halogens is 1. The first-order valence-corrected chi connectivity index (χ1v) is 8.40. The van der Waals surface area contributed by atoms with Gasteiger partial charge < -0.3 is 4.57 Å². The molecular formula is C17H15FN4O2S. The summed E-state index contributed by atoms with van der Waals surface area (Å²) >= 11 is 1.41. The number of aromatic nitrogens is 3. The summed E-state index contributed by atoms with van der Waals surface area (Å²) in [4.78, 5) is 10.5. The van der Waals surface area contributed by atoms with Gasteiger partial charge in [-0.05, 0) is 24.6 Å². The molecule has 0 aliphatic rings. The molecule has 8 heteroatoms. The van der Waals surface area contributed by atoms with E-state index >= 15 is 0 Å². The van der Waals surface area contributed by atoms with Gasteiger partial charge in [0, 0.05) is 24.4 Å². The molecule has 0 N–H and O–H groups in total. The van der Waals surface area contributed by atoms with Crippen LogP contribution in [0.3, 0.4) is 0 Å². The fraction of sp³-hybridized carbons (Fsp3) is 0.176. The molecule has 0 aliphatic carbocycles. The molecule has 2 aromatic carbocycles. The van der Waals surface area contributed by atoms with Gasteiger partial charge in [0.25, 0.3) is 5.69 Å². The number of rotatable bonds is 5. The number of hydrogen-bond acceptors (Lipinski definition) is 5. The van der Waals surface area contributed by atoms with Gasteiger partial charge in [0.2, 0.25) is 0 Å². The number of thioether (sulfide) groups is 1. The zero-order valence-corrected chi connectivity index (χ0v) is 14.4. The van der Waals surface area contributed by atoms with E-state index in [1.807, 2.05) is 13.0 Å². The van der Waals surface area contributed by atoms with Crippen molar-refractivity contribution in [2.75, 3.05) is 0 Å². The average Bonchev–Trinajstić information content (AvgIpc) is 2.96. The Bertz CT molecular complexity index is 929. The number of non-ortho nitro benzene ring substituents is 1. The summed E-state index contributed by atoms with van der Waals surface area (Å²) < 4.78 is 15.7. The second kappa shape index (κ2) is 7.02. The molecule has 1 atom stereocenters. The highest BCUT2D eigenvalue weighted by atomic mass is 32.2. The summed E-state index contributed by atoms with van der Waals surface area (Å²) in [5.74, 6) is 0.0770. The molecule has 0 fully saturated rings. The van der Waals surface area contributed by atoms with Crippen molar-refractivity contribution in [3.63, 3.8) is 0 Å². The molecule has 0 spiro atoms. The van der Waals surface area contributed by atoms with E-state index in [0.717, 1.165) is 5.56 Å². The van der Waals surface area contributed by atoms with E-state index in [1.165, 1.54) is 23.9 Å². The molecule has 0 saturated heterocycles. The van der Waals surface area contributed by atoms with Crippen molar-refractivity contribution < 1.29 is 9.31 Å². The number of nitrogens with zero attached hydrogens (tertiary/aromatic N) is 4. The predicted molar refractivity (Wildman–Crippen MR) is 93.8 cm³/mol. The molecule has 128 valence electrons. The molecule has 1 heterocycles. The Morgan fingerprint density at radius 2 is 1.96 bits per heavy atom. The standard InChI is InChI=1S/C17H15FN4O2S/c1-11(12-6-5-7-13(10-12)22(23)24)25-17-20-19-16(21(17)2)14-8-3-4-9-15(14)18/h3-11H,1-2H3. The molecule has 3 rings (SSSR count). The molecule has 6 nitrogen and oxygen atoms in total. The molecule has 0 amide bonds. The number of nitro benzene ring substituents is 1. The van der Waals surface area contributed by atoms with Crippen LogP contribution in [0.2, 0.25) is 0 Å². The van der Waals surface area contributed by atoms with Crippen LogP contribution in [0.1, 0.15) is 17.7 Å². The quantitative estimate of drug-likeness (QED) is 0.384. The fourth-order valence-electron chi connectivity index (χ4n) is 2.41. The Morgan fingerprint density at radius 1 is 1.20 bits per heavy atom. The molecule has 0 radical (unpaired) electrons. The van der Waals surface area contributed by atoms with E-state index in [0.29, 0.717) is 16.5 Å². The maximum Gasteiger partial charge on any atom is 0.269 e. The third-order valence-corrected chi connectivity index (χ3v) is 4.97. The number of nitro groups is 1. The summed E-state index contributed by atoms with van der Waals surface area (Å²) in [6, 6.07) is 12.9. The minimum absolute atomic E-state index is 0.0509. The van der Waals surface area contributed by atoms with E-state index in [4.69, 9.17) is 0 Å². The minimum Gasteiger partial charge on any atom is -0.305 e. The zero-order chi connectivity index (χ0) is 18.0. The zero-order valence-electron chi connectivity index (χ0n) is 13.6. The van der Waals surface area contributed by atoms with Crippen molar-refractivity contribution in [2.45, 2.75) is 17.3 Å². The third kappa shape index (κ3) is 3.53. The van der Waals surface area contributed by atoms with Crippen LogP contribution in [0.15, 0.2) is 53.7 Å². The van der Waals surface area contributed by atoms with Gasteiger partial charge in [0.05, 0.1) is 10.5 Å². The SMILES string of the molecule is CC(Sc1nnc(-c2ccccc2F)n1C)c1cccc([N+](=O)[O-])c1. The van der Waals surface area contributed by atoms with Crippen LogP contribution in [-0.2, 0) is 7.05 Å².